The van der Waals surface area contributed by atoms with Crippen LogP contribution in [0.4, 0.5) is 0 Å². The fourth-order valence-corrected chi connectivity index (χ4v) is 7.51. The minimum absolute atomic E-state index is 0.103. The van der Waals surface area contributed by atoms with Gasteiger partial charge in [-0.3, -0.25) is 9.69 Å². The summed E-state index contributed by atoms with van der Waals surface area (Å²) in [6.07, 6.45) is 9.43. The van der Waals surface area contributed by atoms with Crippen molar-refractivity contribution >= 4 is 5.91 Å². The number of carbonyl (C=O) groups excluding carboxylic acids is 1. The highest BCUT2D eigenvalue weighted by Crippen LogP contribution is 2.42. The Morgan fingerprint density at radius 3 is 2.39 bits per heavy atom. The molecule has 1 unspecified atom stereocenters. The molecule has 1 aliphatic carbocycles. The molecule has 1 saturated carbocycles. The van der Waals surface area contributed by atoms with Gasteiger partial charge in [0.05, 0.1) is 25.7 Å². The number of hydrogen-bond acceptors (Lipinski definition) is 6. The topological polar surface area (TPSA) is 54.5 Å². The molecule has 3 aliphatic rings. The summed E-state index contributed by atoms with van der Waals surface area (Å²) in [6, 6.07) is 15.3. The van der Waals surface area contributed by atoms with E-state index in [2.05, 4.69) is 32.9 Å². The highest BCUT2D eigenvalue weighted by atomic mass is 16.5. The van der Waals surface area contributed by atoms with Crippen LogP contribution >= 0.6 is 0 Å². The predicted octanol–water partition coefficient (Wildman–Crippen LogP) is 6.32. The standard InChI is InChI=1S/C37H55N3O4/c1-5-42-34-16-15-31(27-35(34)43-6-2)37(17-19-38-21-23-39(24-22-38)32-12-8-7-9-13-32)18-20-40(28-37)36(41)26-30-11-10-14-33(25-30)44-29(3)4/h10-11,14-16,25,27,29,32H,5-9,12-13,17-24,26,28H2,1-4H3. The predicted molar refractivity (Wildman–Crippen MR) is 177 cm³/mol. The molecule has 7 heteroatoms. The van der Waals surface area contributed by atoms with Crippen molar-refractivity contribution in [2.75, 3.05) is 59.0 Å². The van der Waals surface area contributed by atoms with Crippen molar-refractivity contribution < 1.29 is 19.0 Å². The highest BCUT2D eigenvalue weighted by molar-refractivity contribution is 5.79. The van der Waals surface area contributed by atoms with Gasteiger partial charge >= 0.3 is 0 Å². The average Bonchev–Trinajstić information content (AvgIpc) is 3.48. The molecule has 2 saturated heterocycles. The van der Waals surface area contributed by atoms with Crippen LogP contribution in [0.5, 0.6) is 17.2 Å². The maximum atomic E-state index is 13.7. The normalized spacial score (nSPS) is 22.0. The highest BCUT2D eigenvalue weighted by Gasteiger charge is 2.42. The lowest BCUT2D eigenvalue weighted by Gasteiger charge is -2.42. The van der Waals surface area contributed by atoms with Crippen LogP contribution in [0.25, 0.3) is 0 Å². The van der Waals surface area contributed by atoms with Crippen molar-refractivity contribution in [3.8, 4) is 17.2 Å². The van der Waals surface area contributed by atoms with Gasteiger partial charge in [-0.1, -0.05) is 37.5 Å². The Hall–Kier alpha value is -2.77. The molecule has 0 bridgehead atoms. The Bertz CT molecular complexity index is 1200. The number of amides is 1. The first kappa shape index (κ1) is 32.6. The Morgan fingerprint density at radius 2 is 1.66 bits per heavy atom. The van der Waals surface area contributed by atoms with E-state index in [4.69, 9.17) is 14.2 Å². The van der Waals surface area contributed by atoms with Gasteiger partial charge in [-0.15, -0.1) is 0 Å². The Kier molecular flexibility index (Phi) is 11.5. The Morgan fingerprint density at radius 1 is 0.909 bits per heavy atom. The zero-order chi connectivity index (χ0) is 30.9. The monoisotopic (exact) mass is 605 g/mol. The molecule has 2 aromatic carbocycles. The molecule has 2 aromatic rings. The second-order valence-corrected chi connectivity index (χ2v) is 13.3. The molecule has 0 aromatic heterocycles. The van der Waals surface area contributed by atoms with Crippen LogP contribution in [0.1, 0.15) is 83.8 Å². The van der Waals surface area contributed by atoms with Crippen LogP contribution in [0, 0.1) is 0 Å². The first-order valence-electron chi connectivity index (χ1n) is 17.3. The second kappa shape index (κ2) is 15.5. The molecule has 44 heavy (non-hydrogen) atoms. The molecule has 3 fully saturated rings. The third kappa shape index (κ3) is 8.28. The Balaban J connectivity index is 1.29. The van der Waals surface area contributed by atoms with E-state index in [1.165, 1.54) is 50.8 Å². The quantitative estimate of drug-likeness (QED) is 0.266. The lowest BCUT2D eigenvalue weighted by molar-refractivity contribution is -0.129. The fourth-order valence-electron chi connectivity index (χ4n) is 7.51. The smallest absolute Gasteiger partial charge is 0.227 e. The molecule has 0 radical (unpaired) electrons. The largest absolute Gasteiger partial charge is 0.491 e. The van der Waals surface area contributed by atoms with Crippen LogP contribution in [0.2, 0.25) is 0 Å². The van der Waals surface area contributed by atoms with Crippen LogP contribution in [-0.2, 0) is 16.6 Å². The van der Waals surface area contributed by atoms with Gasteiger partial charge in [0.1, 0.15) is 5.75 Å². The fraction of sp³-hybridized carbons (Fsp3) is 0.649. The molecular formula is C37H55N3O4. The van der Waals surface area contributed by atoms with E-state index in [-0.39, 0.29) is 17.4 Å². The van der Waals surface area contributed by atoms with E-state index < -0.39 is 0 Å². The SMILES string of the molecule is CCOc1ccc(C2(CCN3CCN(C4CCCCC4)CC3)CCN(C(=O)Cc3cccc(OC(C)C)c3)C2)cc1OCC. The Labute approximate surface area is 265 Å². The van der Waals surface area contributed by atoms with Gasteiger partial charge in [-0.2, -0.15) is 0 Å². The van der Waals surface area contributed by atoms with E-state index in [1.54, 1.807) is 0 Å². The number of piperazine rings is 1. The van der Waals surface area contributed by atoms with Crippen molar-refractivity contribution in [2.24, 2.45) is 0 Å². The number of nitrogens with zero attached hydrogens (tertiary/aromatic N) is 3. The van der Waals surface area contributed by atoms with Crippen LogP contribution < -0.4 is 14.2 Å². The molecule has 7 nitrogen and oxygen atoms in total. The van der Waals surface area contributed by atoms with Gasteiger partial charge in [0.15, 0.2) is 11.5 Å². The van der Waals surface area contributed by atoms with Crippen LogP contribution in [0.3, 0.4) is 0 Å². The first-order chi connectivity index (χ1) is 21.4. The van der Waals surface area contributed by atoms with Crippen molar-refractivity contribution in [1.29, 1.82) is 0 Å². The number of carbonyl (C=O) groups is 1. The minimum Gasteiger partial charge on any atom is -0.491 e. The molecule has 0 N–H and O–H groups in total. The van der Waals surface area contributed by atoms with Crippen molar-refractivity contribution in [1.82, 2.24) is 14.7 Å². The van der Waals surface area contributed by atoms with Crippen LogP contribution in [0.15, 0.2) is 42.5 Å². The van der Waals surface area contributed by atoms with Gasteiger partial charge in [-0.25, -0.2) is 0 Å². The van der Waals surface area contributed by atoms with E-state index in [1.807, 2.05) is 52.0 Å². The summed E-state index contributed by atoms with van der Waals surface area (Å²) in [4.78, 5) is 21.2. The van der Waals surface area contributed by atoms with Gasteiger partial charge in [0.2, 0.25) is 5.91 Å². The minimum atomic E-state index is -0.116. The summed E-state index contributed by atoms with van der Waals surface area (Å²) in [5, 5.41) is 0. The summed E-state index contributed by atoms with van der Waals surface area (Å²) < 4.78 is 17.8. The molecule has 242 valence electrons. The number of rotatable bonds is 13. The van der Waals surface area contributed by atoms with Crippen LogP contribution in [-0.4, -0.2) is 91.8 Å². The third-order valence-electron chi connectivity index (χ3n) is 9.89. The molecular weight excluding hydrogens is 550 g/mol. The van der Waals surface area contributed by atoms with Crippen molar-refractivity contribution in [2.45, 2.75) is 96.6 Å². The van der Waals surface area contributed by atoms with E-state index in [9.17, 15) is 4.79 Å². The molecule has 2 heterocycles. The summed E-state index contributed by atoms with van der Waals surface area (Å²) in [5.74, 6) is 2.61. The van der Waals surface area contributed by atoms with E-state index in [0.29, 0.717) is 19.6 Å². The number of ether oxygens (including phenoxy) is 3. The van der Waals surface area contributed by atoms with Crippen molar-refractivity contribution in [3.63, 3.8) is 0 Å². The molecule has 1 atom stereocenters. The van der Waals surface area contributed by atoms with Gasteiger partial charge in [-0.05, 0) is 95.3 Å². The molecule has 2 aliphatic heterocycles. The maximum absolute atomic E-state index is 13.7. The molecule has 0 spiro atoms. The zero-order valence-electron chi connectivity index (χ0n) is 27.7. The maximum Gasteiger partial charge on any atom is 0.227 e. The lowest BCUT2D eigenvalue weighted by atomic mass is 9.76. The average molecular weight is 606 g/mol. The first-order valence-corrected chi connectivity index (χ1v) is 17.3. The lowest BCUT2D eigenvalue weighted by Crippen LogP contribution is -2.51. The van der Waals surface area contributed by atoms with E-state index >= 15 is 0 Å². The molecule has 1 amide bonds. The number of hydrogen-bond donors (Lipinski definition) is 0. The summed E-state index contributed by atoms with van der Waals surface area (Å²) in [7, 11) is 0. The van der Waals surface area contributed by atoms with E-state index in [0.717, 1.165) is 74.4 Å². The molecule has 5 rings (SSSR count). The number of benzene rings is 2. The number of likely N-dealkylation sites (tertiary alicyclic amines) is 1. The third-order valence-corrected chi connectivity index (χ3v) is 9.89. The summed E-state index contributed by atoms with van der Waals surface area (Å²) in [6.45, 7) is 16.4. The zero-order valence-corrected chi connectivity index (χ0v) is 27.7. The van der Waals surface area contributed by atoms with Gasteiger partial charge < -0.3 is 24.0 Å². The van der Waals surface area contributed by atoms with Gasteiger partial charge in [0.25, 0.3) is 0 Å². The summed E-state index contributed by atoms with van der Waals surface area (Å²) in [5.41, 5.74) is 2.14. The summed E-state index contributed by atoms with van der Waals surface area (Å²) >= 11 is 0. The second-order valence-electron chi connectivity index (χ2n) is 13.3. The van der Waals surface area contributed by atoms with Crippen molar-refractivity contribution in [3.05, 3.63) is 53.6 Å². The van der Waals surface area contributed by atoms with Gasteiger partial charge in [0, 0.05) is 50.7 Å².